The van der Waals surface area contributed by atoms with Crippen molar-refractivity contribution in [1.82, 2.24) is 0 Å². The van der Waals surface area contributed by atoms with Crippen molar-refractivity contribution in [3.05, 3.63) is 59.7 Å². The summed E-state index contributed by atoms with van der Waals surface area (Å²) in [4.78, 5) is 13.7. The zero-order valence-electron chi connectivity index (χ0n) is 15.8. The van der Waals surface area contributed by atoms with Gasteiger partial charge in [0.1, 0.15) is 12.3 Å². The number of amides is 1. The lowest BCUT2D eigenvalue weighted by atomic mass is 10.0. The van der Waals surface area contributed by atoms with Crippen LogP contribution in [0.1, 0.15) is 37.8 Å². The third-order valence-corrected chi connectivity index (χ3v) is 4.63. The standard InChI is InChI=1S/C21H28N2O2/c1-15(2)18-12-10-17(11-13-18)14-23(4)16(3)21(24)22-19-8-6-7-9-20(19)25-5/h6-13,15-16H,14H2,1-5H3,(H,22,24)/p+1/t16-/m1/s1. The predicted octanol–water partition coefficient (Wildman–Crippen LogP) is 2.86. The fourth-order valence-corrected chi connectivity index (χ4v) is 2.71. The van der Waals surface area contributed by atoms with Crippen molar-refractivity contribution >= 4 is 11.6 Å². The maximum Gasteiger partial charge on any atom is 0.282 e. The molecule has 2 N–H and O–H groups in total. The summed E-state index contributed by atoms with van der Waals surface area (Å²) in [5, 5.41) is 2.97. The predicted molar refractivity (Wildman–Crippen MR) is 102 cm³/mol. The number of methoxy groups -OCH3 is 1. The van der Waals surface area contributed by atoms with Crippen molar-refractivity contribution in [3.8, 4) is 5.75 Å². The fourth-order valence-electron chi connectivity index (χ4n) is 2.71. The van der Waals surface area contributed by atoms with E-state index in [1.807, 2.05) is 38.2 Å². The van der Waals surface area contributed by atoms with E-state index in [-0.39, 0.29) is 11.9 Å². The van der Waals surface area contributed by atoms with Gasteiger partial charge >= 0.3 is 0 Å². The Hall–Kier alpha value is -2.33. The van der Waals surface area contributed by atoms with Gasteiger partial charge in [-0.1, -0.05) is 50.2 Å². The normalized spacial score (nSPS) is 13.4. The summed E-state index contributed by atoms with van der Waals surface area (Å²) >= 11 is 0. The van der Waals surface area contributed by atoms with E-state index in [1.54, 1.807) is 7.11 Å². The highest BCUT2D eigenvalue weighted by Gasteiger charge is 2.23. The number of nitrogens with one attached hydrogen (secondary N) is 2. The van der Waals surface area contributed by atoms with Gasteiger partial charge in [0.25, 0.3) is 5.91 Å². The van der Waals surface area contributed by atoms with Crippen LogP contribution in [0.4, 0.5) is 5.69 Å². The van der Waals surface area contributed by atoms with Crippen LogP contribution in [0.15, 0.2) is 48.5 Å². The van der Waals surface area contributed by atoms with Gasteiger partial charge in [0.05, 0.1) is 19.8 Å². The van der Waals surface area contributed by atoms with Gasteiger partial charge in [-0.2, -0.15) is 0 Å². The van der Waals surface area contributed by atoms with Crippen LogP contribution in [0.2, 0.25) is 0 Å². The molecule has 0 fully saturated rings. The molecule has 0 aromatic heterocycles. The number of quaternary nitrogens is 1. The van der Waals surface area contributed by atoms with Crippen LogP contribution >= 0.6 is 0 Å². The molecule has 0 aliphatic carbocycles. The molecule has 0 bridgehead atoms. The highest BCUT2D eigenvalue weighted by Crippen LogP contribution is 2.22. The van der Waals surface area contributed by atoms with Gasteiger partial charge in [0, 0.05) is 5.56 Å². The monoisotopic (exact) mass is 341 g/mol. The number of ether oxygens (including phenoxy) is 1. The molecule has 0 radical (unpaired) electrons. The number of hydrogen-bond donors (Lipinski definition) is 2. The summed E-state index contributed by atoms with van der Waals surface area (Å²) in [7, 11) is 3.65. The minimum atomic E-state index is -0.172. The quantitative estimate of drug-likeness (QED) is 0.813. The Morgan fingerprint density at radius 3 is 2.32 bits per heavy atom. The first kappa shape index (κ1) is 19.0. The van der Waals surface area contributed by atoms with Crippen LogP contribution in [0.25, 0.3) is 0 Å². The maximum absolute atomic E-state index is 12.6. The van der Waals surface area contributed by atoms with Crippen molar-refractivity contribution in [2.75, 3.05) is 19.5 Å². The molecule has 0 spiro atoms. The Morgan fingerprint density at radius 1 is 1.08 bits per heavy atom. The molecule has 1 amide bonds. The largest absolute Gasteiger partial charge is 0.495 e. The van der Waals surface area contributed by atoms with Crippen molar-refractivity contribution < 1.29 is 14.4 Å². The highest BCUT2D eigenvalue weighted by atomic mass is 16.5. The molecule has 2 atom stereocenters. The number of para-hydroxylation sites is 2. The molecule has 0 saturated heterocycles. The molecule has 2 rings (SSSR count). The van der Waals surface area contributed by atoms with E-state index < -0.39 is 0 Å². The molecule has 0 aliphatic rings. The third kappa shape index (κ3) is 5.07. The van der Waals surface area contributed by atoms with Crippen LogP contribution in [0.3, 0.4) is 0 Å². The van der Waals surface area contributed by atoms with E-state index in [0.29, 0.717) is 17.4 Å². The lowest BCUT2D eigenvalue weighted by Crippen LogP contribution is -3.12. The van der Waals surface area contributed by atoms with E-state index >= 15 is 0 Å². The summed E-state index contributed by atoms with van der Waals surface area (Å²) in [6.07, 6.45) is 0. The molecule has 4 heteroatoms. The van der Waals surface area contributed by atoms with Crippen LogP contribution in [-0.4, -0.2) is 26.1 Å². The third-order valence-electron chi connectivity index (χ3n) is 4.63. The molecule has 2 aromatic rings. The SMILES string of the molecule is COc1ccccc1NC(=O)[C@@H](C)[NH+](C)Cc1ccc(C(C)C)cc1. The van der Waals surface area contributed by atoms with Crippen LogP contribution < -0.4 is 15.0 Å². The van der Waals surface area contributed by atoms with E-state index in [9.17, 15) is 4.79 Å². The molecule has 0 saturated carbocycles. The number of anilines is 1. The fraction of sp³-hybridized carbons (Fsp3) is 0.381. The zero-order valence-corrected chi connectivity index (χ0v) is 15.8. The second-order valence-corrected chi connectivity index (χ2v) is 6.83. The minimum Gasteiger partial charge on any atom is -0.495 e. The molecule has 4 nitrogen and oxygen atoms in total. The molecule has 2 aromatic carbocycles. The van der Waals surface area contributed by atoms with Gasteiger partial charge in [0.15, 0.2) is 6.04 Å². The number of likely N-dealkylation sites (N-methyl/N-ethyl adjacent to an activating group) is 1. The Labute approximate surface area is 150 Å². The zero-order chi connectivity index (χ0) is 18.4. The molecular formula is C21H29N2O2+. The van der Waals surface area contributed by atoms with Gasteiger partial charge < -0.3 is 15.0 Å². The van der Waals surface area contributed by atoms with E-state index in [1.165, 1.54) is 11.1 Å². The first-order valence-corrected chi connectivity index (χ1v) is 8.77. The average Bonchev–Trinajstić information content (AvgIpc) is 2.61. The average molecular weight is 341 g/mol. The number of hydrogen-bond acceptors (Lipinski definition) is 2. The Kier molecular flexibility index (Phi) is 6.59. The first-order valence-electron chi connectivity index (χ1n) is 8.77. The second-order valence-electron chi connectivity index (χ2n) is 6.83. The van der Waals surface area contributed by atoms with Crippen molar-refractivity contribution in [3.63, 3.8) is 0 Å². The summed E-state index contributed by atoms with van der Waals surface area (Å²) in [6.45, 7) is 7.13. The van der Waals surface area contributed by atoms with Crippen molar-refractivity contribution in [2.45, 2.75) is 39.3 Å². The molecule has 1 unspecified atom stereocenters. The van der Waals surface area contributed by atoms with E-state index in [0.717, 1.165) is 11.4 Å². The highest BCUT2D eigenvalue weighted by molar-refractivity contribution is 5.94. The molecule has 134 valence electrons. The van der Waals surface area contributed by atoms with Gasteiger partial charge in [-0.25, -0.2) is 0 Å². The molecular weight excluding hydrogens is 312 g/mol. The van der Waals surface area contributed by atoms with Gasteiger partial charge in [-0.15, -0.1) is 0 Å². The molecule has 25 heavy (non-hydrogen) atoms. The summed E-state index contributed by atoms with van der Waals surface area (Å²) < 4.78 is 5.29. The lowest BCUT2D eigenvalue weighted by molar-refractivity contribution is -0.907. The minimum absolute atomic E-state index is 0.0131. The van der Waals surface area contributed by atoms with Crippen molar-refractivity contribution in [2.24, 2.45) is 0 Å². The lowest BCUT2D eigenvalue weighted by Gasteiger charge is -2.22. The second kappa shape index (κ2) is 8.67. The maximum atomic E-state index is 12.6. The Bertz CT molecular complexity index is 695. The molecule has 0 aliphatic heterocycles. The smallest absolute Gasteiger partial charge is 0.282 e. The number of rotatable bonds is 7. The first-order chi connectivity index (χ1) is 11.9. The molecule has 0 heterocycles. The van der Waals surface area contributed by atoms with Gasteiger partial charge in [-0.05, 0) is 30.5 Å². The van der Waals surface area contributed by atoms with Gasteiger partial charge in [0.2, 0.25) is 0 Å². The number of carbonyl (C=O) groups is 1. The summed E-state index contributed by atoms with van der Waals surface area (Å²) in [5.41, 5.74) is 3.28. The topological polar surface area (TPSA) is 42.8 Å². The van der Waals surface area contributed by atoms with Crippen molar-refractivity contribution in [1.29, 1.82) is 0 Å². The number of benzene rings is 2. The Balaban J connectivity index is 1.98. The summed E-state index contributed by atoms with van der Waals surface area (Å²) in [5.74, 6) is 1.19. The van der Waals surface area contributed by atoms with Gasteiger partial charge in [-0.3, -0.25) is 4.79 Å². The van der Waals surface area contributed by atoms with Crippen LogP contribution in [0, 0.1) is 0 Å². The van der Waals surface area contributed by atoms with Crippen LogP contribution in [-0.2, 0) is 11.3 Å². The van der Waals surface area contributed by atoms with Crippen LogP contribution in [0.5, 0.6) is 5.75 Å². The van der Waals surface area contributed by atoms with E-state index in [2.05, 4.69) is 43.4 Å². The van der Waals surface area contributed by atoms with E-state index in [4.69, 9.17) is 4.74 Å². The number of carbonyl (C=O) groups excluding carboxylic acids is 1. The summed E-state index contributed by atoms with van der Waals surface area (Å²) in [6, 6.07) is 15.9. The Morgan fingerprint density at radius 2 is 1.72 bits per heavy atom.